The molecule has 5 atom stereocenters. The number of thiophene rings is 1. The summed E-state index contributed by atoms with van der Waals surface area (Å²) in [4.78, 5) is 60.0. The summed E-state index contributed by atoms with van der Waals surface area (Å²) in [5.74, 6) is -4.37. The van der Waals surface area contributed by atoms with Gasteiger partial charge in [0.1, 0.15) is 23.3 Å². The molecule has 0 amide bonds. The fourth-order valence-electron chi connectivity index (χ4n) is 4.17. The summed E-state index contributed by atoms with van der Waals surface area (Å²) in [6.07, 6.45) is -7.20. The van der Waals surface area contributed by atoms with Gasteiger partial charge in [0, 0.05) is 48.5 Å². The molecule has 42 heavy (non-hydrogen) atoms. The molecule has 3 rings (SSSR count). The molecule has 0 bridgehead atoms. The van der Waals surface area contributed by atoms with E-state index in [2.05, 4.69) is 0 Å². The van der Waals surface area contributed by atoms with Crippen molar-refractivity contribution in [2.75, 3.05) is 13.7 Å². The highest BCUT2D eigenvalue weighted by atomic mass is 35.7. The number of ether oxygens (including phenoxy) is 7. The average molecular weight is 651 g/mol. The van der Waals surface area contributed by atoms with Crippen molar-refractivity contribution in [2.24, 2.45) is 0 Å². The van der Waals surface area contributed by atoms with E-state index in [0.717, 1.165) is 39.0 Å². The molecule has 1 saturated heterocycles. The van der Waals surface area contributed by atoms with Crippen LogP contribution in [0.2, 0.25) is 0 Å². The van der Waals surface area contributed by atoms with Crippen LogP contribution in [0.1, 0.15) is 42.9 Å². The SMILES string of the molecule is COC(=O)c1cc2c(O[C@@H]3O[C@H](COC(C)=O)[C@H](OC(C)=O)[C@H](OC(C)=O)[C@H]3OC(C)=O)ccc(CS(=O)(=O)Cl)c2s1. The molecule has 0 unspecified atom stereocenters. The topological polar surface area (TPSA) is 184 Å². The summed E-state index contributed by atoms with van der Waals surface area (Å²) in [7, 11) is 2.65. The van der Waals surface area contributed by atoms with Crippen LogP contribution in [0.3, 0.4) is 0 Å². The van der Waals surface area contributed by atoms with Crippen molar-refractivity contribution in [1.82, 2.24) is 0 Å². The van der Waals surface area contributed by atoms with Gasteiger partial charge < -0.3 is 33.2 Å². The van der Waals surface area contributed by atoms with Crippen LogP contribution in [-0.4, -0.2) is 82.7 Å². The highest BCUT2D eigenvalue weighted by Gasteiger charge is 2.53. The van der Waals surface area contributed by atoms with Gasteiger partial charge in [-0.15, -0.1) is 11.3 Å². The number of hydrogen-bond acceptors (Lipinski definition) is 15. The van der Waals surface area contributed by atoms with Crippen molar-refractivity contribution in [1.29, 1.82) is 0 Å². The van der Waals surface area contributed by atoms with Crippen LogP contribution in [0.5, 0.6) is 5.75 Å². The summed E-state index contributed by atoms with van der Waals surface area (Å²) in [6, 6.07) is 4.18. The number of benzene rings is 1. The first-order valence-electron chi connectivity index (χ1n) is 12.1. The largest absolute Gasteiger partial charge is 0.465 e. The molecule has 17 heteroatoms. The van der Waals surface area contributed by atoms with E-state index in [1.54, 1.807) is 0 Å². The second-order valence-electron chi connectivity index (χ2n) is 8.94. The Bertz CT molecular complexity index is 1480. The van der Waals surface area contributed by atoms with E-state index in [0.29, 0.717) is 4.70 Å². The van der Waals surface area contributed by atoms with Crippen LogP contribution in [0, 0.1) is 0 Å². The third kappa shape index (κ3) is 8.53. The van der Waals surface area contributed by atoms with Crippen molar-refractivity contribution >= 4 is 71.0 Å². The number of methoxy groups -OCH3 is 1. The van der Waals surface area contributed by atoms with Crippen LogP contribution < -0.4 is 4.74 Å². The zero-order valence-electron chi connectivity index (χ0n) is 22.9. The zero-order valence-corrected chi connectivity index (χ0v) is 25.3. The van der Waals surface area contributed by atoms with Gasteiger partial charge in [-0.05, 0) is 17.7 Å². The lowest BCUT2D eigenvalue weighted by atomic mass is 9.98. The lowest BCUT2D eigenvalue weighted by Gasteiger charge is -2.44. The van der Waals surface area contributed by atoms with Crippen LogP contribution in [0.15, 0.2) is 18.2 Å². The predicted molar refractivity (Wildman–Crippen MR) is 144 cm³/mol. The van der Waals surface area contributed by atoms with Crippen molar-refractivity contribution in [3.8, 4) is 5.75 Å². The third-order valence-electron chi connectivity index (χ3n) is 5.63. The van der Waals surface area contributed by atoms with Gasteiger partial charge in [-0.2, -0.15) is 0 Å². The fourth-order valence-corrected chi connectivity index (χ4v) is 6.33. The number of fused-ring (bicyclic) bond motifs is 1. The molecule has 14 nitrogen and oxygen atoms in total. The molecule has 230 valence electrons. The average Bonchev–Trinajstić information content (AvgIpc) is 3.32. The first-order chi connectivity index (χ1) is 19.6. The Balaban J connectivity index is 2.14. The molecule has 0 N–H and O–H groups in total. The van der Waals surface area contributed by atoms with Gasteiger partial charge in [0.2, 0.25) is 21.4 Å². The molecule has 0 aliphatic carbocycles. The zero-order chi connectivity index (χ0) is 31.4. The highest BCUT2D eigenvalue weighted by Crippen LogP contribution is 2.39. The lowest BCUT2D eigenvalue weighted by Crippen LogP contribution is -2.63. The molecule has 0 spiro atoms. The summed E-state index contributed by atoms with van der Waals surface area (Å²) >= 11 is 0.925. The molecule has 1 aliphatic rings. The van der Waals surface area contributed by atoms with E-state index in [4.69, 9.17) is 43.8 Å². The van der Waals surface area contributed by atoms with Crippen molar-refractivity contribution < 1.29 is 65.5 Å². The van der Waals surface area contributed by atoms with Gasteiger partial charge in [-0.1, -0.05) is 6.07 Å². The Hall–Kier alpha value is -3.47. The van der Waals surface area contributed by atoms with Crippen LogP contribution in [0.4, 0.5) is 0 Å². The number of carbonyl (C=O) groups is 5. The highest BCUT2D eigenvalue weighted by molar-refractivity contribution is 8.13. The summed E-state index contributed by atoms with van der Waals surface area (Å²) in [5.41, 5.74) is 0.258. The number of rotatable bonds is 10. The molecule has 2 heterocycles. The van der Waals surface area contributed by atoms with Crippen LogP contribution in [-0.2, 0) is 62.4 Å². The van der Waals surface area contributed by atoms with Crippen molar-refractivity contribution in [3.05, 3.63) is 28.6 Å². The second kappa shape index (κ2) is 13.7. The molecule has 1 fully saturated rings. The van der Waals surface area contributed by atoms with Gasteiger partial charge in [-0.25, -0.2) is 13.2 Å². The van der Waals surface area contributed by atoms with Gasteiger partial charge >= 0.3 is 29.8 Å². The minimum absolute atomic E-state index is 0.0352. The number of esters is 5. The molecule has 1 aromatic heterocycles. The predicted octanol–water partition coefficient (Wildman–Crippen LogP) is 2.22. The first kappa shape index (κ1) is 33.0. The van der Waals surface area contributed by atoms with E-state index in [1.165, 1.54) is 25.3 Å². The summed E-state index contributed by atoms with van der Waals surface area (Å²) < 4.78 is 62.0. The maximum atomic E-state index is 12.3. The van der Waals surface area contributed by atoms with Crippen molar-refractivity contribution in [2.45, 2.75) is 64.2 Å². The number of hydrogen-bond donors (Lipinski definition) is 0. The smallest absolute Gasteiger partial charge is 0.348 e. The molecule has 1 aliphatic heterocycles. The van der Waals surface area contributed by atoms with Crippen LogP contribution >= 0.6 is 22.0 Å². The maximum absolute atomic E-state index is 12.3. The Kier molecular flexibility index (Phi) is 10.8. The molecule has 0 radical (unpaired) electrons. The van der Waals surface area contributed by atoms with E-state index >= 15 is 0 Å². The van der Waals surface area contributed by atoms with Crippen molar-refractivity contribution in [3.63, 3.8) is 0 Å². The van der Waals surface area contributed by atoms with E-state index in [9.17, 15) is 32.4 Å². The molecular formula is C25H27ClO14S2. The first-order valence-corrected chi connectivity index (χ1v) is 15.4. The van der Waals surface area contributed by atoms with Gasteiger partial charge in [0.25, 0.3) is 0 Å². The van der Waals surface area contributed by atoms with E-state index in [1.807, 2.05) is 0 Å². The molecule has 2 aromatic rings. The monoisotopic (exact) mass is 650 g/mol. The van der Waals surface area contributed by atoms with Crippen LogP contribution in [0.25, 0.3) is 10.1 Å². The Morgan fingerprint density at radius 2 is 1.50 bits per heavy atom. The fraction of sp³-hybridized carbons (Fsp3) is 0.480. The number of carbonyl (C=O) groups excluding carboxylic acids is 5. The Morgan fingerprint density at radius 3 is 2.05 bits per heavy atom. The Morgan fingerprint density at radius 1 is 0.905 bits per heavy atom. The quantitative estimate of drug-likeness (QED) is 0.207. The molecule has 0 saturated carbocycles. The minimum Gasteiger partial charge on any atom is -0.465 e. The Labute approximate surface area is 248 Å². The summed E-state index contributed by atoms with van der Waals surface area (Å²) in [6.45, 7) is 3.91. The van der Waals surface area contributed by atoms with E-state index in [-0.39, 0.29) is 21.6 Å². The third-order valence-corrected chi connectivity index (χ3v) is 7.80. The minimum atomic E-state index is -3.99. The molecule has 1 aromatic carbocycles. The van der Waals surface area contributed by atoms with Gasteiger partial charge in [0.05, 0.1) is 12.9 Å². The second-order valence-corrected chi connectivity index (χ2v) is 12.8. The number of halogens is 1. The van der Waals surface area contributed by atoms with Gasteiger partial charge in [0.15, 0.2) is 12.2 Å². The maximum Gasteiger partial charge on any atom is 0.348 e. The van der Waals surface area contributed by atoms with Gasteiger partial charge in [-0.3, -0.25) is 19.2 Å². The standard InChI is InChI=1S/C25H27ClO14S2/c1-11(27)35-9-18-20(36-12(2)28)21(37-13(3)29)22(38-14(4)30)25(40-18)39-17-7-6-15(10-42(26,32)33)23-16(17)8-19(41-23)24(31)34-5/h6-8,18,20-22,25H,9-10H2,1-5H3/t18-,20+,21+,22-,25-/m1/s1. The van der Waals surface area contributed by atoms with E-state index < -0.39 is 82.0 Å². The molecular weight excluding hydrogens is 624 g/mol. The lowest BCUT2D eigenvalue weighted by molar-refractivity contribution is -0.288. The summed E-state index contributed by atoms with van der Waals surface area (Å²) in [5, 5.41) is 0.256. The normalized spacial score (nSPS) is 22.1.